The minimum Gasteiger partial charge on any atom is -0.460 e. The first kappa shape index (κ1) is 25.3. The second-order valence-electron chi connectivity index (χ2n) is 7.71. The number of aliphatic hydroxyl groups excluding tert-OH is 1. The van der Waals surface area contributed by atoms with E-state index in [2.05, 4.69) is 10.1 Å². The highest BCUT2D eigenvalue weighted by Crippen LogP contribution is 2.39. The first-order valence-corrected chi connectivity index (χ1v) is 11.6. The lowest BCUT2D eigenvalue weighted by atomic mass is 9.96. The van der Waals surface area contributed by atoms with Gasteiger partial charge in [-0.3, -0.25) is 19.1 Å². The second-order valence-corrected chi connectivity index (χ2v) is 9.13. The summed E-state index contributed by atoms with van der Waals surface area (Å²) in [6.07, 6.45) is -2.25. The van der Waals surface area contributed by atoms with Gasteiger partial charge in [0.2, 0.25) is 0 Å². The molecule has 2 heterocycles. The molecule has 11 nitrogen and oxygen atoms in total. The Bertz CT molecular complexity index is 1110. The molecule has 1 aliphatic heterocycles. The molecule has 0 radical (unpaired) electrons. The quantitative estimate of drug-likeness (QED) is 0.226. The van der Waals surface area contributed by atoms with Crippen LogP contribution in [0.3, 0.4) is 0 Å². The van der Waals surface area contributed by atoms with E-state index < -0.39 is 49.8 Å². The third kappa shape index (κ3) is 6.18. The summed E-state index contributed by atoms with van der Waals surface area (Å²) in [6.45, 7) is 2.55. The highest BCUT2D eigenvalue weighted by Gasteiger charge is 2.54. The van der Waals surface area contributed by atoms with Crippen molar-refractivity contribution in [1.82, 2.24) is 14.6 Å². The average Bonchev–Trinajstić information content (AvgIpc) is 3.00. The predicted octanol–water partition coefficient (Wildman–Crippen LogP) is 1.31. The van der Waals surface area contributed by atoms with E-state index in [1.165, 1.54) is 30.7 Å². The minimum atomic E-state index is -2.51. The number of aromatic amines is 1. The number of carbonyl (C=O) groups is 1. The number of nitrogens with zero attached hydrogens (tertiary/aromatic N) is 1. The maximum atomic E-state index is 12.2. The van der Waals surface area contributed by atoms with E-state index in [0.717, 1.165) is 5.56 Å². The van der Waals surface area contributed by atoms with Gasteiger partial charge in [-0.15, -0.1) is 4.52 Å². The van der Waals surface area contributed by atoms with Crippen molar-refractivity contribution in [2.45, 2.75) is 50.5 Å². The number of ether oxygens (including phenoxy) is 2. The number of hydrogen-bond donors (Lipinski definition) is 4. The van der Waals surface area contributed by atoms with E-state index in [-0.39, 0.29) is 18.0 Å². The van der Waals surface area contributed by atoms with Crippen LogP contribution < -0.4 is 10.6 Å². The molecular formula is C20H25N3O8PS+. The van der Waals surface area contributed by atoms with Crippen molar-refractivity contribution in [2.24, 2.45) is 0 Å². The van der Waals surface area contributed by atoms with Crippen LogP contribution in [0.1, 0.15) is 25.6 Å². The molecule has 178 valence electrons. The molecule has 6 atom stereocenters. The standard InChI is InChI=1S/C20H24N3O8PS/c1-12(17(26)29-10-13-6-4-3-5-7-13)22-32(28)30-11-14-16(25)20(2,27)18(31-14)23-9-8-15(24)21-19(23)33/h3-9,12,14,16,18,25,27H,10-11H2,1-2H3,(H-,21,22,24,28,33)/p+1/t12-,14+,16?,18+,20+/m0/s1. The van der Waals surface area contributed by atoms with Crippen molar-refractivity contribution in [2.75, 3.05) is 6.61 Å². The molecule has 0 spiro atoms. The molecule has 1 aliphatic rings. The molecular weight excluding hydrogens is 473 g/mol. The number of aliphatic hydroxyl groups is 2. The number of carbonyl (C=O) groups excluding carboxylic acids is 1. The lowest BCUT2D eigenvalue weighted by Gasteiger charge is -2.27. The fourth-order valence-electron chi connectivity index (χ4n) is 3.23. The number of esters is 1. The molecule has 2 aromatic rings. The minimum absolute atomic E-state index is 0.00266. The Hall–Kier alpha value is -2.31. The van der Waals surface area contributed by atoms with Gasteiger partial charge in [-0.2, -0.15) is 0 Å². The molecule has 3 rings (SSSR count). The van der Waals surface area contributed by atoms with E-state index in [9.17, 15) is 24.4 Å². The van der Waals surface area contributed by atoms with Crippen LogP contribution in [0.2, 0.25) is 0 Å². The van der Waals surface area contributed by atoms with Crippen molar-refractivity contribution in [1.29, 1.82) is 0 Å². The molecule has 0 aliphatic carbocycles. The summed E-state index contributed by atoms with van der Waals surface area (Å²) in [4.78, 5) is 25.9. The Labute approximate surface area is 195 Å². The molecule has 33 heavy (non-hydrogen) atoms. The summed E-state index contributed by atoms with van der Waals surface area (Å²) >= 11 is 5.09. The topological polar surface area (TPSA) is 152 Å². The molecule has 1 aromatic heterocycles. The van der Waals surface area contributed by atoms with Gasteiger partial charge in [-0.25, -0.2) is 0 Å². The Morgan fingerprint density at radius 1 is 1.39 bits per heavy atom. The lowest BCUT2D eigenvalue weighted by molar-refractivity contribution is -0.146. The summed E-state index contributed by atoms with van der Waals surface area (Å²) in [5, 5.41) is 23.7. The van der Waals surface area contributed by atoms with Gasteiger partial charge < -0.3 is 19.7 Å². The highest BCUT2D eigenvalue weighted by molar-refractivity contribution is 7.71. The normalized spacial score (nSPS) is 26.1. The maximum Gasteiger partial charge on any atom is 0.613 e. The zero-order chi connectivity index (χ0) is 24.2. The molecule has 0 bridgehead atoms. The summed E-state index contributed by atoms with van der Waals surface area (Å²) in [6, 6.07) is 9.39. The first-order valence-electron chi connectivity index (χ1n) is 10.0. The van der Waals surface area contributed by atoms with Gasteiger partial charge in [0.25, 0.3) is 5.56 Å². The molecule has 2 unspecified atom stereocenters. The van der Waals surface area contributed by atoms with Crippen LogP contribution >= 0.6 is 20.4 Å². The van der Waals surface area contributed by atoms with Gasteiger partial charge in [0, 0.05) is 12.3 Å². The van der Waals surface area contributed by atoms with Crippen LogP contribution in [0.15, 0.2) is 47.4 Å². The van der Waals surface area contributed by atoms with Gasteiger partial charge >= 0.3 is 14.1 Å². The Balaban J connectivity index is 1.52. The number of H-pyrrole nitrogens is 1. The highest BCUT2D eigenvalue weighted by atomic mass is 32.1. The molecule has 1 aromatic carbocycles. The van der Waals surface area contributed by atoms with E-state index in [4.69, 9.17) is 26.2 Å². The van der Waals surface area contributed by atoms with Gasteiger partial charge in [0.1, 0.15) is 37.1 Å². The predicted molar refractivity (Wildman–Crippen MR) is 119 cm³/mol. The molecule has 1 fully saturated rings. The van der Waals surface area contributed by atoms with Gasteiger partial charge in [-0.1, -0.05) is 35.4 Å². The van der Waals surface area contributed by atoms with E-state index in [0.29, 0.717) is 0 Å². The van der Waals surface area contributed by atoms with Crippen molar-refractivity contribution >= 4 is 26.4 Å². The lowest BCUT2D eigenvalue weighted by Crippen LogP contribution is -2.44. The summed E-state index contributed by atoms with van der Waals surface area (Å²) in [7, 11) is -2.51. The fraction of sp³-hybridized carbons (Fsp3) is 0.450. The Morgan fingerprint density at radius 2 is 2.09 bits per heavy atom. The molecule has 0 amide bonds. The van der Waals surface area contributed by atoms with Gasteiger partial charge in [0.05, 0.1) is 0 Å². The van der Waals surface area contributed by atoms with E-state index in [1.54, 1.807) is 0 Å². The van der Waals surface area contributed by atoms with Crippen LogP contribution in [0.5, 0.6) is 0 Å². The monoisotopic (exact) mass is 498 g/mol. The first-order chi connectivity index (χ1) is 15.6. The Kier molecular flexibility index (Phi) is 8.24. The van der Waals surface area contributed by atoms with E-state index in [1.807, 2.05) is 30.3 Å². The smallest absolute Gasteiger partial charge is 0.460 e. The third-order valence-corrected chi connectivity index (χ3v) is 6.39. The largest absolute Gasteiger partial charge is 0.613 e. The summed E-state index contributed by atoms with van der Waals surface area (Å²) in [5.41, 5.74) is -1.39. The number of rotatable bonds is 9. The van der Waals surface area contributed by atoms with Crippen molar-refractivity contribution in [3.63, 3.8) is 0 Å². The summed E-state index contributed by atoms with van der Waals surface area (Å²) in [5.74, 6) is -0.613. The van der Waals surface area contributed by atoms with Crippen LogP contribution in [-0.4, -0.2) is 56.2 Å². The van der Waals surface area contributed by atoms with Crippen molar-refractivity contribution < 1.29 is 33.6 Å². The van der Waals surface area contributed by atoms with E-state index >= 15 is 0 Å². The van der Waals surface area contributed by atoms with Crippen molar-refractivity contribution in [3.05, 3.63) is 63.3 Å². The Morgan fingerprint density at radius 3 is 2.76 bits per heavy atom. The summed E-state index contributed by atoms with van der Waals surface area (Å²) < 4.78 is 29.6. The number of aromatic nitrogens is 2. The van der Waals surface area contributed by atoms with Crippen LogP contribution in [0.25, 0.3) is 0 Å². The second kappa shape index (κ2) is 10.7. The zero-order valence-electron chi connectivity index (χ0n) is 17.9. The molecule has 1 saturated heterocycles. The van der Waals surface area contributed by atoms with Crippen LogP contribution in [0, 0.1) is 4.77 Å². The molecule has 4 N–H and O–H groups in total. The third-order valence-electron chi connectivity index (χ3n) is 5.09. The number of hydrogen-bond acceptors (Lipinski definition) is 9. The molecule has 13 heteroatoms. The van der Waals surface area contributed by atoms with Crippen LogP contribution in [0.4, 0.5) is 0 Å². The fourth-order valence-corrected chi connectivity index (χ4v) is 4.27. The molecule has 0 saturated carbocycles. The van der Waals surface area contributed by atoms with Gasteiger partial charge in [-0.05, 0) is 36.2 Å². The maximum absolute atomic E-state index is 12.2. The SMILES string of the molecule is C[C@H](N[P+](=O)OC[C@H]1O[C@@H](n2ccc(=O)[nH]c2=S)[C@](C)(O)C1O)C(=O)OCc1ccccc1. The number of benzene rings is 1. The zero-order valence-corrected chi connectivity index (χ0v) is 19.6. The van der Waals surface area contributed by atoms with Crippen LogP contribution in [-0.2, 0) is 30.0 Å². The number of nitrogens with one attached hydrogen (secondary N) is 2. The van der Waals surface area contributed by atoms with Crippen molar-refractivity contribution in [3.8, 4) is 0 Å². The average molecular weight is 498 g/mol. The van der Waals surface area contributed by atoms with Gasteiger partial charge in [0.15, 0.2) is 11.0 Å².